The molecule has 0 saturated carbocycles. The molecule has 3 rings (SSSR count). The van der Waals surface area contributed by atoms with Gasteiger partial charge in [0.05, 0.1) is 12.8 Å². The van der Waals surface area contributed by atoms with Gasteiger partial charge in [-0.25, -0.2) is 0 Å². The Hall–Kier alpha value is -2.96. The normalized spacial score (nSPS) is 10.6. The van der Waals surface area contributed by atoms with Gasteiger partial charge in [-0.2, -0.15) is 5.10 Å². The first kappa shape index (κ1) is 15.0. The molecular weight excluding hydrogens is 296 g/mol. The van der Waals surface area contributed by atoms with Crippen molar-refractivity contribution in [1.29, 1.82) is 0 Å². The molecule has 2 aromatic heterocycles. The number of hydrogen-bond acceptors (Lipinski definition) is 7. The third-order valence-electron chi connectivity index (χ3n) is 3.36. The Bertz CT molecular complexity index is 799. The van der Waals surface area contributed by atoms with E-state index in [9.17, 15) is 0 Å². The maximum atomic E-state index is 5.58. The van der Waals surface area contributed by atoms with Crippen molar-refractivity contribution < 1.29 is 13.9 Å². The van der Waals surface area contributed by atoms with Gasteiger partial charge >= 0.3 is 0 Å². The van der Waals surface area contributed by atoms with Crippen LogP contribution in [0.2, 0.25) is 0 Å². The minimum absolute atomic E-state index is 0.139. The number of hydrogen-bond donors (Lipinski definition) is 0. The topological polar surface area (TPSA) is 83.2 Å². The molecule has 2 heterocycles. The van der Waals surface area contributed by atoms with Crippen LogP contribution in [0.1, 0.15) is 17.1 Å². The van der Waals surface area contributed by atoms with Gasteiger partial charge in [0.1, 0.15) is 5.75 Å². The van der Waals surface area contributed by atoms with Gasteiger partial charge in [0, 0.05) is 11.6 Å². The quantitative estimate of drug-likeness (QED) is 0.716. The highest BCUT2D eigenvalue weighted by Gasteiger charge is 2.10. The average Bonchev–Trinajstić information content (AvgIpc) is 3.05. The van der Waals surface area contributed by atoms with Crippen LogP contribution in [0.5, 0.6) is 11.6 Å². The Balaban J connectivity index is 1.67. The number of benzene rings is 1. The minimum atomic E-state index is 0.139. The summed E-state index contributed by atoms with van der Waals surface area (Å²) in [5, 5.41) is 16.0. The lowest BCUT2D eigenvalue weighted by atomic mass is 10.2. The van der Waals surface area contributed by atoms with Gasteiger partial charge < -0.3 is 13.9 Å². The van der Waals surface area contributed by atoms with E-state index in [1.165, 1.54) is 0 Å². The number of aryl methyl sites for hydroxylation is 2. The molecule has 0 fully saturated rings. The zero-order valence-electron chi connectivity index (χ0n) is 13.1. The van der Waals surface area contributed by atoms with Crippen LogP contribution < -0.4 is 9.47 Å². The molecule has 3 aromatic rings. The summed E-state index contributed by atoms with van der Waals surface area (Å²) in [7, 11) is 1.62. The van der Waals surface area contributed by atoms with Crippen molar-refractivity contribution >= 4 is 0 Å². The van der Waals surface area contributed by atoms with E-state index in [1.807, 2.05) is 44.2 Å². The highest BCUT2D eigenvalue weighted by atomic mass is 16.5. The third-order valence-corrected chi connectivity index (χ3v) is 3.36. The first-order valence-corrected chi connectivity index (χ1v) is 7.06. The van der Waals surface area contributed by atoms with Crippen molar-refractivity contribution in [2.24, 2.45) is 0 Å². The Morgan fingerprint density at radius 2 is 1.78 bits per heavy atom. The van der Waals surface area contributed by atoms with Gasteiger partial charge in [-0.3, -0.25) is 0 Å². The van der Waals surface area contributed by atoms with E-state index in [1.54, 1.807) is 7.11 Å². The van der Waals surface area contributed by atoms with E-state index >= 15 is 0 Å². The van der Waals surface area contributed by atoms with Crippen LogP contribution >= 0.6 is 0 Å². The highest BCUT2D eigenvalue weighted by molar-refractivity contribution is 5.53. The number of ether oxygens (including phenoxy) is 2. The van der Waals surface area contributed by atoms with Crippen molar-refractivity contribution in [1.82, 2.24) is 20.4 Å². The molecule has 0 N–H and O–H groups in total. The van der Waals surface area contributed by atoms with Crippen molar-refractivity contribution in [2.45, 2.75) is 20.5 Å². The summed E-state index contributed by atoms with van der Waals surface area (Å²) in [5.41, 5.74) is 2.70. The molecule has 1 aromatic carbocycles. The lowest BCUT2D eigenvalue weighted by Gasteiger charge is -2.03. The van der Waals surface area contributed by atoms with E-state index in [0.29, 0.717) is 17.7 Å². The van der Waals surface area contributed by atoms with Crippen molar-refractivity contribution in [3.05, 3.63) is 47.5 Å². The standard InChI is InChI=1S/C16H16N4O3/c1-10-8-14(18-17-11(10)2)22-9-15-19-20-16(23-15)12-4-6-13(21-3)7-5-12/h4-8H,9H2,1-3H3. The number of aromatic nitrogens is 4. The summed E-state index contributed by atoms with van der Waals surface area (Å²) in [6, 6.07) is 9.20. The smallest absolute Gasteiger partial charge is 0.254 e. The zero-order chi connectivity index (χ0) is 16.2. The van der Waals surface area contributed by atoms with E-state index < -0.39 is 0 Å². The molecule has 0 aliphatic rings. The molecule has 118 valence electrons. The lowest BCUT2D eigenvalue weighted by molar-refractivity contribution is 0.252. The molecule has 0 amide bonds. The van der Waals surface area contributed by atoms with Crippen molar-refractivity contribution in [2.75, 3.05) is 7.11 Å². The minimum Gasteiger partial charge on any atom is -0.497 e. The van der Waals surface area contributed by atoms with Crippen LogP contribution in [-0.2, 0) is 6.61 Å². The van der Waals surface area contributed by atoms with Crippen molar-refractivity contribution in [3.8, 4) is 23.1 Å². The monoisotopic (exact) mass is 312 g/mol. The Morgan fingerprint density at radius 3 is 2.48 bits per heavy atom. The zero-order valence-corrected chi connectivity index (χ0v) is 13.1. The fourth-order valence-electron chi connectivity index (χ4n) is 1.89. The molecule has 0 atom stereocenters. The van der Waals surface area contributed by atoms with E-state index in [2.05, 4.69) is 20.4 Å². The second-order valence-corrected chi connectivity index (χ2v) is 4.97. The number of nitrogens with zero attached hydrogens (tertiary/aromatic N) is 4. The molecule has 7 nitrogen and oxygen atoms in total. The van der Waals surface area contributed by atoms with Crippen LogP contribution in [0, 0.1) is 13.8 Å². The van der Waals surface area contributed by atoms with E-state index in [-0.39, 0.29) is 6.61 Å². The maximum absolute atomic E-state index is 5.58. The molecule has 0 aliphatic heterocycles. The second-order valence-electron chi connectivity index (χ2n) is 4.97. The van der Waals surface area contributed by atoms with Crippen LogP contribution in [-0.4, -0.2) is 27.5 Å². The van der Waals surface area contributed by atoms with Gasteiger partial charge in [-0.1, -0.05) is 0 Å². The summed E-state index contributed by atoms with van der Waals surface area (Å²) in [6.07, 6.45) is 0. The summed E-state index contributed by atoms with van der Waals surface area (Å²) >= 11 is 0. The molecule has 0 radical (unpaired) electrons. The fourth-order valence-corrected chi connectivity index (χ4v) is 1.89. The van der Waals surface area contributed by atoms with Gasteiger partial charge in [-0.15, -0.1) is 15.3 Å². The van der Waals surface area contributed by atoms with Crippen LogP contribution in [0.3, 0.4) is 0 Å². The Labute approximate surface area is 133 Å². The Morgan fingerprint density at radius 1 is 1.00 bits per heavy atom. The van der Waals surface area contributed by atoms with Gasteiger partial charge in [0.15, 0.2) is 6.61 Å². The van der Waals surface area contributed by atoms with E-state index in [4.69, 9.17) is 13.9 Å². The Kier molecular flexibility index (Phi) is 4.18. The summed E-state index contributed by atoms with van der Waals surface area (Å²) in [5.74, 6) is 2.00. The molecular formula is C16H16N4O3. The highest BCUT2D eigenvalue weighted by Crippen LogP contribution is 2.21. The molecule has 7 heteroatoms. The van der Waals surface area contributed by atoms with E-state index in [0.717, 1.165) is 22.6 Å². The van der Waals surface area contributed by atoms with Gasteiger partial charge in [0.25, 0.3) is 5.89 Å². The molecule has 0 unspecified atom stereocenters. The van der Waals surface area contributed by atoms with Crippen LogP contribution in [0.25, 0.3) is 11.5 Å². The third kappa shape index (κ3) is 3.45. The predicted octanol–water partition coefficient (Wildman–Crippen LogP) is 2.73. The largest absolute Gasteiger partial charge is 0.497 e. The summed E-state index contributed by atoms with van der Waals surface area (Å²) in [6.45, 7) is 3.98. The van der Waals surface area contributed by atoms with Crippen molar-refractivity contribution in [3.63, 3.8) is 0 Å². The molecule has 0 aliphatic carbocycles. The second kappa shape index (κ2) is 6.43. The number of rotatable bonds is 5. The fraction of sp³-hybridized carbons (Fsp3) is 0.250. The summed E-state index contributed by atoms with van der Waals surface area (Å²) in [4.78, 5) is 0. The average molecular weight is 312 g/mol. The number of methoxy groups -OCH3 is 1. The van der Waals surface area contributed by atoms with Crippen LogP contribution in [0.15, 0.2) is 34.7 Å². The molecule has 0 bridgehead atoms. The maximum Gasteiger partial charge on any atom is 0.254 e. The molecule has 0 spiro atoms. The summed E-state index contributed by atoms with van der Waals surface area (Å²) < 4.78 is 16.2. The SMILES string of the molecule is COc1ccc(-c2nnc(COc3cc(C)c(C)nn3)o2)cc1. The van der Waals surface area contributed by atoms with Gasteiger partial charge in [0.2, 0.25) is 11.8 Å². The molecule has 0 saturated heterocycles. The van der Waals surface area contributed by atoms with Gasteiger partial charge in [-0.05, 0) is 43.7 Å². The first-order valence-electron chi connectivity index (χ1n) is 7.06. The first-order chi connectivity index (χ1) is 11.2. The van der Waals surface area contributed by atoms with Crippen LogP contribution in [0.4, 0.5) is 0 Å². The predicted molar refractivity (Wildman–Crippen MR) is 82.1 cm³/mol. The molecule has 23 heavy (non-hydrogen) atoms. The lowest BCUT2D eigenvalue weighted by Crippen LogP contribution is -2.00.